The molecule has 4 atom stereocenters. The third-order valence-corrected chi connectivity index (χ3v) is 4.79. The van der Waals surface area contributed by atoms with Crippen LogP contribution in [0.1, 0.15) is 11.8 Å². The second kappa shape index (κ2) is 7.68. The zero-order valence-electron chi connectivity index (χ0n) is 14.9. The van der Waals surface area contributed by atoms with Crippen molar-refractivity contribution in [3.05, 3.63) is 52.7 Å². The van der Waals surface area contributed by atoms with Crippen LogP contribution in [0.3, 0.4) is 0 Å². The molecule has 5 N–H and O–H groups in total. The van der Waals surface area contributed by atoms with E-state index in [9.17, 15) is 20.1 Å². The number of hydrogen-bond donors (Lipinski definition) is 5. The van der Waals surface area contributed by atoms with Gasteiger partial charge in [-0.1, -0.05) is 30.3 Å². The largest absolute Gasteiger partial charge is 0.394 e. The SMILES string of the molecule is O=c1nc2c(ncn2C2OC(CO)C(O)C2O)c(NCCc2ccccc2)[nH]1. The lowest BCUT2D eigenvalue weighted by Crippen LogP contribution is -2.33. The fourth-order valence-corrected chi connectivity index (χ4v) is 3.33. The molecule has 28 heavy (non-hydrogen) atoms. The van der Waals surface area contributed by atoms with Crippen LogP contribution in [-0.4, -0.2) is 66.3 Å². The number of benzene rings is 1. The van der Waals surface area contributed by atoms with Crippen LogP contribution in [0.25, 0.3) is 11.2 Å². The van der Waals surface area contributed by atoms with Crippen LogP contribution in [0.5, 0.6) is 0 Å². The summed E-state index contributed by atoms with van der Waals surface area (Å²) in [4.78, 5) is 22.9. The van der Waals surface area contributed by atoms with Crippen molar-refractivity contribution in [2.24, 2.45) is 0 Å². The van der Waals surface area contributed by atoms with Crippen molar-refractivity contribution in [3.8, 4) is 0 Å². The number of aliphatic hydroxyl groups is 3. The van der Waals surface area contributed by atoms with Gasteiger partial charge in [-0.3, -0.25) is 9.55 Å². The average Bonchev–Trinajstić information content (AvgIpc) is 3.24. The minimum absolute atomic E-state index is 0.209. The van der Waals surface area contributed by atoms with E-state index in [1.807, 2.05) is 30.3 Å². The average molecular weight is 387 g/mol. The van der Waals surface area contributed by atoms with E-state index in [0.717, 1.165) is 12.0 Å². The number of ether oxygens (including phenoxy) is 1. The van der Waals surface area contributed by atoms with Crippen LogP contribution in [0.15, 0.2) is 41.5 Å². The summed E-state index contributed by atoms with van der Waals surface area (Å²) in [6.07, 6.45) is -2.34. The molecule has 1 saturated heterocycles. The van der Waals surface area contributed by atoms with Gasteiger partial charge in [-0.05, 0) is 12.0 Å². The highest BCUT2D eigenvalue weighted by Crippen LogP contribution is 2.31. The molecule has 0 saturated carbocycles. The number of imidazole rings is 1. The van der Waals surface area contributed by atoms with E-state index in [-0.39, 0.29) is 5.65 Å². The zero-order valence-corrected chi connectivity index (χ0v) is 14.9. The summed E-state index contributed by atoms with van der Waals surface area (Å²) < 4.78 is 6.89. The van der Waals surface area contributed by atoms with Crippen LogP contribution in [0.4, 0.5) is 5.82 Å². The molecule has 0 aliphatic carbocycles. The second-order valence-electron chi connectivity index (χ2n) is 6.63. The number of aromatic nitrogens is 4. The van der Waals surface area contributed by atoms with Gasteiger partial charge in [0, 0.05) is 6.54 Å². The molecule has 0 radical (unpaired) electrons. The highest BCUT2D eigenvalue weighted by molar-refractivity contribution is 5.82. The van der Waals surface area contributed by atoms with Crippen molar-refractivity contribution in [2.75, 3.05) is 18.5 Å². The zero-order chi connectivity index (χ0) is 19.7. The standard InChI is InChI=1S/C18H21N5O5/c24-8-11-13(25)14(26)17(28-11)23-9-20-12-15(21-18(27)22-16(12)23)19-7-6-10-4-2-1-3-5-10/h1-5,9,11,13-14,17,24-26H,6-8H2,(H2,19,21,22,27). The molecule has 148 valence electrons. The summed E-state index contributed by atoms with van der Waals surface area (Å²) in [5, 5.41) is 32.6. The van der Waals surface area contributed by atoms with Crippen molar-refractivity contribution in [1.29, 1.82) is 0 Å². The monoisotopic (exact) mass is 387 g/mol. The van der Waals surface area contributed by atoms with Crippen molar-refractivity contribution in [3.63, 3.8) is 0 Å². The molecule has 1 aromatic carbocycles. The number of rotatable bonds is 6. The van der Waals surface area contributed by atoms with E-state index in [2.05, 4.69) is 20.3 Å². The van der Waals surface area contributed by atoms with Crippen molar-refractivity contribution >= 4 is 17.0 Å². The van der Waals surface area contributed by atoms with Crippen LogP contribution in [0.2, 0.25) is 0 Å². The van der Waals surface area contributed by atoms with Crippen molar-refractivity contribution < 1.29 is 20.1 Å². The van der Waals surface area contributed by atoms with E-state index in [1.54, 1.807) is 0 Å². The fourth-order valence-electron chi connectivity index (χ4n) is 3.33. The Kier molecular flexibility index (Phi) is 5.09. The van der Waals surface area contributed by atoms with Crippen LogP contribution >= 0.6 is 0 Å². The van der Waals surface area contributed by atoms with Crippen LogP contribution < -0.4 is 11.0 Å². The maximum atomic E-state index is 12.0. The van der Waals surface area contributed by atoms with E-state index in [1.165, 1.54) is 10.9 Å². The minimum Gasteiger partial charge on any atom is -0.394 e. The van der Waals surface area contributed by atoms with E-state index >= 15 is 0 Å². The molecule has 3 aromatic rings. The first kappa shape index (κ1) is 18.6. The quantitative estimate of drug-likeness (QED) is 0.376. The van der Waals surface area contributed by atoms with E-state index in [0.29, 0.717) is 17.9 Å². The Balaban J connectivity index is 1.59. The first-order valence-electron chi connectivity index (χ1n) is 8.95. The Bertz CT molecular complexity index is 1000. The maximum Gasteiger partial charge on any atom is 0.348 e. The molecule has 0 bridgehead atoms. The number of fused-ring (bicyclic) bond motifs is 1. The molecule has 2 aromatic heterocycles. The van der Waals surface area contributed by atoms with Crippen molar-refractivity contribution in [1.82, 2.24) is 19.5 Å². The van der Waals surface area contributed by atoms with Gasteiger partial charge in [-0.25, -0.2) is 9.78 Å². The topological polar surface area (TPSA) is 146 Å². The van der Waals surface area contributed by atoms with Crippen LogP contribution in [0, 0.1) is 0 Å². The first-order valence-corrected chi connectivity index (χ1v) is 8.95. The number of anilines is 1. The number of nitrogens with one attached hydrogen (secondary N) is 2. The first-order chi connectivity index (χ1) is 13.6. The van der Waals surface area contributed by atoms with E-state index in [4.69, 9.17) is 4.74 Å². The lowest BCUT2D eigenvalue weighted by atomic mass is 10.1. The summed E-state index contributed by atoms with van der Waals surface area (Å²) in [7, 11) is 0. The summed E-state index contributed by atoms with van der Waals surface area (Å²) in [5.74, 6) is 0.413. The predicted octanol–water partition coefficient (Wildman–Crippen LogP) is -0.614. The second-order valence-corrected chi connectivity index (χ2v) is 6.63. The smallest absolute Gasteiger partial charge is 0.348 e. The Morgan fingerprint density at radius 2 is 2.00 bits per heavy atom. The summed E-state index contributed by atoms with van der Waals surface area (Å²) in [6.45, 7) is 0.126. The maximum absolute atomic E-state index is 12.0. The Labute approximate surface area is 159 Å². The van der Waals surface area contributed by atoms with Crippen molar-refractivity contribution in [2.45, 2.75) is 31.0 Å². The van der Waals surface area contributed by atoms with Gasteiger partial charge in [0.15, 0.2) is 11.9 Å². The minimum atomic E-state index is -1.29. The molecule has 1 aliphatic rings. The predicted molar refractivity (Wildman–Crippen MR) is 99.8 cm³/mol. The molecule has 10 nitrogen and oxygen atoms in total. The Morgan fingerprint density at radius 1 is 1.21 bits per heavy atom. The molecule has 10 heteroatoms. The molecular weight excluding hydrogens is 366 g/mol. The molecule has 0 amide bonds. The van der Waals surface area contributed by atoms with Crippen LogP contribution in [-0.2, 0) is 11.2 Å². The molecule has 4 unspecified atom stereocenters. The molecular formula is C18H21N5O5. The van der Waals surface area contributed by atoms with Gasteiger partial charge in [-0.15, -0.1) is 0 Å². The molecule has 0 spiro atoms. The van der Waals surface area contributed by atoms with Gasteiger partial charge in [0.25, 0.3) is 0 Å². The number of aliphatic hydroxyl groups excluding tert-OH is 3. The third kappa shape index (κ3) is 3.38. The third-order valence-electron chi connectivity index (χ3n) is 4.79. The summed E-state index contributed by atoms with van der Waals surface area (Å²) in [5.41, 5.74) is 1.19. The summed E-state index contributed by atoms with van der Waals surface area (Å²) in [6, 6.07) is 9.91. The lowest BCUT2D eigenvalue weighted by molar-refractivity contribution is -0.0511. The number of hydrogen-bond acceptors (Lipinski definition) is 8. The fraction of sp³-hybridized carbons (Fsp3) is 0.389. The lowest BCUT2D eigenvalue weighted by Gasteiger charge is -2.16. The molecule has 1 fully saturated rings. The number of H-pyrrole nitrogens is 1. The summed E-state index contributed by atoms with van der Waals surface area (Å²) >= 11 is 0. The van der Waals surface area contributed by atoms with Gasteiger partial charge in [0.2, 0.25) is 0 Å². The van der Waals surface area contributed by atoms with Gasteiger partial charge in [-0.2, -0.15) is 4.98 Å². The Morgan fingerprint density at radius 3 is 2.71 bits per heavy atom. The van der Waals surface area contributed by atoms with Gasteiger partial charge < -0.3 is 25.4 Å². The number of nitrogens with zero attached hydrogens (tertiary/aromatic N) is 3. The van der Waals surface area contributed by atoms with Gasteiger partial charge >= 0.3 is 5.69 Å². The Hall–Kier alpha value is -2.79. The molecule has 3 heterocycles. The van der Waals surface area contributed by atoms with E-state index < -0.39 is 36.8 Å². The number of aromatic amines is 1. The highest BCUT2D eigenvalue weighted by Gasteiger charge is 2.44. The molecule has 4 rings (SSSR count). The molecule has 1 aliphatic heterocycles. The normalized spacial score (nSPS) is 24.7. The highest BCUT2D eigenvalue weighted by atomic mass is 16.6. The van der Waals surface area contributed by atoms with Gasteiger partial charge in [0.1, 0.15) is 29.6 Å². The van der Waals surface area contributed by atoms with Gasteiger partial charge in [0.05, 0.1) is 12.9 Å².